The molecule has 0 saturated heterocycles. The molecule has 20 heavy (non-hydrogen) atoms. The Bertz CT molecular complexity index is 740. The van der Waals surface area contributed by atoms with Gasteiger partial charge in [-0.1, -0.05) is 41.5 Å². The predicted molar refractivity (Wildman–Crippen MR) is 80.8 cm³/mol. The van der Waals surface area contributed by atoms with Gasteiger partial charge in [-0.15, -0.1) is 0 Å². The van der Waals surface area contributed by atoms with E-state index in [1.165, 1.54) is 11.1 Å². The fourth-order valence-electron chi connectivity index (χ4n) is 2.51. The Morgan fingerprint density at radius 1 is 1.00 bits per heavy atom. The molecule has 3 rings (SSSR count). The molecule has 0 aliphatic heterocycles. The molecular weight excluding hydrogens is 248 g/mol. The lowest BCUT2D eigenvalue weighted by atomic mass is 10.0. The van der Waals surface area contributed by atoms with E-state index in [0.29, 0.717) is 12.2 Å². The number of aryl methyl sites for hydroxylation is 2. The van der Waals surface area contributed by atoms with Gasteiger partial charge >= 0.3 is 0 Å². The first-order chi connectivity index (χ1) is 9.61. The van der Waals surface area contributed by atoms with E-state index in [-0.39, 0.29) is 0 Å². The molecule has 0 spiro atoms. The Balaban J connectivity index is 1.86. The van der Waals surface area contributed by atoms with Crippen LogP contribution in [0.2, 0.25) is 0 Å². The fourth-order valence-corrected chi connectivity index (χ4v) is 2.51. The fraction of sp³-hybridized carbons (Fsp3) is 0.222. The van der Waals surface area contributed by atoms with Crippen LogP contribution in [0.3, 0.4) is 0 Å². The maximum absolute atomic E-state index is 10.3. The topological polar surface area (TPSA) is 33.4 Å². The first kappa shape index (κ1) is 12.9. The molecule has 1 aromatic heterocycles. The van der Waals surface area contributed by atoms with Gasteiger partial charge in [-0.3, -0.25) is 0 Å². The van der Waals surface area contributed by atoms with Crippen LogP contribution in [-0.2, 0) is 6.42 Å². The second-order valence-electron chi connectivity index (χ2n) is 5.40. The molecule has 0 aliphatic rings. The Kier molecular flexibility index (Phi) is 3.33. The van der Waals surface area contributed by atoms with Crippen molar-refractivity contribution in [1.82, 2.24) is 0 Å². The van der Waals surface area contributed by atoms with E-state index < -0.39 is 6.10 Å². The molecule has 2 nitrogen and oxygen atoms in total. The van der Waals surface area contributed by atoms with Crippen molar-refractivity contribution in [2.75, 3.05) is 0 Å². The summed E-state index contributed by atoms with van der Waals surface area (Å²) >= 11 is 0. The number of rotatable bonds is 3. The summed E-state index contributed by atoms with van der Waals surface area (Å²) in [6, 6.07) is 16.2. The van der Waals surface area contributed by atoms with Crippen LogP contribution >= 0.6 is 0 Å². The zero-order valence-corrected chi connectivity index (χ0v) is 11.8. The van der Waals surface area contributed by atoms with Gasteiger partial charge in [0.15, 0.2) is 0 Å². The summed E-state index contributed by atoms with van der Waals surface area (Å²) in [4.78, 5) is 0. The zero-order chi connectivity index (χ0) is 14.1. The van der Waals surface area contributed by atoms with E-state index in [0.717, 1.165) is 16.5 Å². The molecule has 1 unspecified atom stereocenters. The maximum Gasteiger partial charge on any atom is 0.134 e. The monoisotopic (exact) mass is 266 g/mol. The van der Waals surface area contributed by atoms with Crippen molar-refractivity contribution >= 4 is 11.0 Å². The van der Waals surface area contributed by atoms with Crippen molar-refractivity contribution in [2.45, 2.75) is 26.4 Å². The lowest BCUT2D eigenvalue weighted by molar-refractivity contribution is 0.152. The Labute approximate surface area is 118 Å². The van der Waals surface area contributed by atoms with Crippen LogP contribution in [0.15, 0.2) is 52.9 Å². The number of furan rings is 1. The molecule has 1 heterocycles. The number of hydrogen-bond acceptors (Lipinski definition) is 2. The average Bonchev–Trinajstić information content (AvgIpc) is 2.81. The van der Waals surface area contributed by atoms with Crippen molar-refractivity contribution < 1.29 is 9.52 Å². The van der Waals surface area contributed by atoms with Crippen molar-refractivity contribution in [1.29, 1.82) is 0 Å². The van der Waals surface area contributed by atoms with Gasteiger partial charge in [-0.05, 0) is 37.6 Å². The van der Waals surface area contributed by atoms with E-state index in [9.17, 15) is 5.11 Å². The molecule has 0 amide bonds. The standard InChI is InChI=1S/C18H18O2/c1-12-4-3-5-14(8-12)10-16(19)18-11-15-9-13(2)6-7-17(15)20-18/h3-9,11,16,19H,10H2,1-2H3. The SMILES string of the molecule is Cc1cccc(CC(O)c2cc3cc(C)ccc3o2)c1. The molecule has 2 aromatic carbocycles. The van der Waals surface area contributed by atoms with Gasteiger partial charge in [0.2, 0.25) is 0 Å². The van der Waals surface area contributed by atoms with Gasteiger partial charge in [-0.25, -0.2) is 0 Å². The van der Waals surface area contributed by atoms with E-state index in [2.05, 4.69) is 32.0 Å². The highest BCUT2D eigenvalue weighted by Gasteiger charge is 2.14. The van der Waals surface area contributed by atoms with Gasteiger partial charge in [0.1, 0.15) is 17.4 Å². The van der Waals surface area contributed by atoms with Gasteiger partial charge in [-0.2, -0.15) is 0 Å². The summed E-state index contributed by atoms with van der Waals surface area (Å²) in [6.07, 6.45) is -0.0370. The van der Waals surface area contributed by atoms with Crippen LogP contribution in [0.1, 0.15) is 28.6 Å². The molecule has 0 radical (unpaired) electrons. The van der Waals surface area contributed by atoms with E-state index >= 15 is 0 Å². The van der Waals surface area contributed by atoms with Crippen molar-refractivity contribution in [2.24, 2.45) is 0 Å². The highest BCUT2D eigenvalue weighted by molar-refractivity contribution is 5.78. The molecule has 0 fully saturated rings. The van der Waals surface area contributed by atoms with Gasteiger partial charge in [0.25, 0.3) is 0 Å². The predicted octanol–water partition coefficient (Wildman–Crippen LogP) is 4.33. The first-order valence-electron chi connectivity index (χ1n) is 6.85. The quantitative estimate of drug-likeness (QED) is 0.765. The summed E-state index contributed by atoms with van der Waals surface area (Å²) < 4.78 is 5.74. The van der Waals surface area contributed by atoms with Crippen LogP contribution in [0.25, 0.3) is 11.0 Å². The van der Waals surface area contributed by atoms with Crippen molar-refractivity contribution in [3.8, 4) is 0 Å². The summed E-state index contributed by atoms with van der Waals surface area (Å²) in [5.41, 5.74) is 4.34. The number of hydrogen-bond donors (Lipinski definition) is 1. The van der Waals surface area contributed by atoms with Crippen LogP contribution in [-0.4, -0.2) is 5.11 Å². The van der Waals surface area contributed by atoms with Crippen LogP contribution in [0, 0.1) is 13.8 Å². The second kappa shape index (κ2) is 5.14. The lowest BCUT2D eigenvalue weighted by Crippen LogP contribution is -2.00. The minimum Gasteiger partial charge on any atom is -0.458 e. The number of benzene rings is 2. The Morgan fingerprint density at radius 2 is 1.80 bits per heavy atom. The van der Waals surface area contributed by atoms with Crippen LogP contribution in [0.5, 0.6) is 0 Å². The summed E-state index contributed by atoms with van der Waals surface area (Å²) in [6.45, 7) is 4.11. The summed E-state index contributed by atoms with van der Waals surface area (Å²) in [5, 5.41) is 11.4. The zero-order valence-electron chi connectivity index (χ0n) is 11.8. The Morgan fingerprint density at radius 3 is 2.60 bits per heavy atom. The van der Waals surface area contributed by atoms with E-state index in [4.69, 9.17) is 4.42 Å². The molecule has 1 N–H and O–H groups in total. The molecular formula is C18H18O2. The van der Waals surface area contributed by atoms with Crippen LogP contribution < -0.4 is 0 Å². The summed E-state index contributed by atoms with van der Waals surface area (Å²) in [7, 11) is 0. The average molecular weight is 266 g/mol. The smallest absolute Gasteiger partial charge is 0.134 e. The first-order valence-corrected chi connectivity index (χ1v) is 6.85. The maximum atomic E-state index is 10.3. The third-order valence-corrected chi connectivity index (χ3v) is 3.53. The highest BCUT2D eigenvalue weighted by atomic mass is 16.4. The second-order valence-corrected chi connectivity index (χ2v) is 5.40. The molecule has 102 valence electrons. The molecule has 0 saturated carbocycles. The van der Waals surface area contributed by atoms with Gasteiger partial charge < -0.3 is 9.52 Å². The van der Waals surface area contributed by atoms with Crippen molar-refractivity contribution in [3.63, 3.8) is 0 Å². The third kappa shape index (κ3) is 2.61. The lowest BCUT2D eigenvalue weighted by Gasteiger charge is -2.08. The molecule has 3 aromatic rings. The number of fused-ring (bicyclic) bond motifs is 1. The number of aliphatic hydroxyl groups is 1. The minimum absolute atomic E-state index is 0.570. The Hall–Kier alpha value is -2.06. The largest absolute Gasteiger partial charge is 0.458 e. The molecule has 2 heteroatoms. The van der Waals surface area contributed by atoms with Crippen molar-refractivity contribution in [3.05, 3.63) is 71.0 Å². The van der Waals surface area contributed by atoms with Gasteiger partial charge in [0, 0.05) is 11.8 Å². The molecule has 0 bridgehead atoms. The third-order valence-electron chi connectivity index (χ3n) is 3.53. The normalized spacial score (nSPS) is 12.8. The highest BCUT2D eigenvalue weighted by Crippen LogP contribution is 2.27. The summed E-state index contributed by atoms with van der Waals surface area (Å²) in [5.74, 6) is 0.632. The van der Waals surface area contributed by atoms with E-state index in [1.807, 2.05) is 30.3 Å². The molecule has 0 aliphatic carbocycles. The minimum atomic E-state index is -0.607. The van der Waals surface area contributed by atoms with Crippen LogP contribution in [0.4, 0.5) is 0 Å². The van der Waals surface area contributed by atoms with E-state index in [1.54, 1.807) is 0 Å². The van der Waals surface area contributed by atoms with Gasteiger partial charge in [0.05, 0.1) is 0 Å². The number of aliphatic hydroxyl groups excluding tert-OH is 1. The molecule has 1 atom stereocenters.